The Bertz CT molecular complexity index is 964. The Morgan fingerprint density at radius 3 is 2.92 bits per heavy atom. The van der Waals surface area contributed by atoms with E-state index in [0.29, 0.717) is 35.6 Å². The maximum Gasteiger partial charge on any atom is 0.411 e. The first-order valence-corrected chi connectivity index (χ1v) is 8.36. The Kier molecular flexibility index (Phi) is 4.75. The number of ether oxygens (including phenoxy) is 1. The van der Waals surface area contributed by atoms with Crippen LogP contribution in [0.5, 0.6) is 0 Å². The van der Waals surface area contributed by atoms with Crippen molar-refractivity contribution < 1.29 is 14.3 Å². The van der Waals surface area contributed by atoms with E-state index in [2.05, 4.69) is 22.2 Å². The van der Waals surface area contributed by atoms with E-state index in [1.807, 2.05) is 0 Å². The number of carbonyl (C=O) groups is 2. The Hall–Kier alpha value is -3.16. The Morgan fingerprint density at radius 1 is 1.46 bits per heavy atom. The SMILES string of the molecule is C=C1CCC(n2c(C)nc3cccc(NC(=O)OCC)c3c2=O)C(=O)N1. The molecule has 0 spiro atoms. The van der Waals surface area contributed by atoms with Crippen LogP contribution in [-0.2, 0) is 9.53 Å². The van der Waals surface area contributed by atoms with Crippen molar-refractivity contribution in [3.63, 3.8) is 0 Å². The number of aryl methyl sites for hydroxylation is 1. The van der Waals surface area contributed by atoms with Crippen LogP contribution in [0.4, 0.5) is 10.5 Å². The third kappa shape index (κ3) is 3.17. The summed E-state index contributed by atoms with van der Waals surface area (Å²) in [6.45, 7) is 7.34. The molecule has 1 aromatic carbocycles. The second kappa shape index (κ2) is 6.99. The molecule has 0 saturated carbocycles. The highest BCUT2D eigenvalue weighted by Crippen LogP contribution is 2.24. The number of nitrogens with one attached hydrogen (secondary N) is 2. The first-order chi connectivity index (χ1) is 12.4. The van der Waals surface area contributed by atoms with E-state index in [4.69, 9.17) is 4.74 Å². The summed E-state index contributed by atoms with van der Waals surface area (Å²) in [7, 11) is 0. The van der Waals surface area contributed by atoms with Crippen LogP contribution in [0.1, 0.15) is 31.6 Å². The van der Waals surface area contributed by atoms with Gasteiger partial charge in [0.2, 0.25) is 5.91 Å². The molecule has 2 amide bonds. The van der Waals surface area contributed by atoms with Crippen LogP contribution in [0.15, 0.2) is 35.3 Å². The van der Waals surface area contributed by atoms with Crippen LogP contribution in [0.25, 0.3) is 10.9 Å². The van der Waals surface area contributed by atoms with Crippen molar-refractivity contribution in [2.45, 2.75) is 32.7 Å². The van der Waals surface area contributed by atoms with Gasteiger partial charge in [-0.1, -0.05) is 12.6 Å². The van der Waals surface area contributed by atoms with Crippen LogP contribution in [0.2, 0.25) is 0 Å². The average molecular weight is 356 g/mol. The van der Waals surface area contributed by atoms with Crippen LogP contribution in [-0.4, -0.2) is 28.2 Å². The molecule has 1 atom stereocenters. The Morgan fingerprint density at radius 2 is 2.23 bits per heavy atom. The molecule has 2 heterocycles. The van der Waals surface area contributed by atoms with Crippen molar-refractivity contribution >= 4 is 28.6 Å². The third-order valence-electron chi connectivity index (χ3n) is 4.25. The molecule has 0 radical (unpaired) electrons. The lowest BCUT2D eigenvalue weighted by atomic mass is 10.0. The molecular formula is C18H20N4O4. The number of benzene rings is 1. The van der Waals surface area contributed by atoms with Gasteiger partial charge in [0.15, 0.2) is 0 Å². The number of hydrogen-bond acceptors (Lipinski definition) is 5. The predicted molar refractivity (Wildman–Crippen MR) is 96.9 cm³/mol. The van der Waals surface area contributed by atoms with Crippen molar-refractivity contribution in [1.29, 1.82) is 0 Å². The number of rotatable bonds is 3. The number of anilines is 1. The summed E-state index contributed by atoms with van der Waals surface area (Å²) in [5.41, 5.74) is 0.995. The van der Waals surface area contributed by atoms with Crippen molar-refractivity contribution in [3.05, 3.63) is 46.7 Å². The minimum atomic E-state index is -0.666. The maximum atomic E-state index is 13.2. The Balaban J connectivity index is 2.14. The van der Waals surface area contributed by atoms with Gasteiger partial charge in [-0.25, -0.2) is 9.78 Å². The molecule has 1 aromatic heterocycles. The van der Waals surface area contributed by atoms with E-state index >= 15 is 0 Å². The highest BCUT2D eigenvalue weighted by atomic mass is 16.5. The van der Waals surface area contributed by atoms with Crippen LogP contribution < -0.4 is 16.2 Å². The molecular weight excluding hydrogens is 336 g/mol. The van der Waals surface area contributed by atoms with Crippen LogP contribution >= 0.6 is 0 Å². The number of aromatic nitrogens is 2. The van der Waals surface area contributed by atoms with Gasteiger partial charge >= 0.3 is 6.09 Å². The number of nitrogens with zero attached hydrogens (tertiary/aromatic N) is 2. The lowest BCUT2D eigenvalue weighted by Gasteiger charge is -2.26. The minimum Gasteiger partial charge on any atom is -0.450 e. The molecule has 1 aliphatic heterocycles. The minimum absolute atomic E-state index is 0.213. The van der Waals surface area contributed by atoms with Crippen molar-refractivity contribution in [2.75, 3.05) is 11.9 Å². The summed E-state index contributed by atoms with van der Waals surface area (Å²) in [5.74, 6) is 0.145. The van der Waals surface area contributed by atoms with Crippen molar-refractivity contribution in [2.24, 2.45) is 0 Å². The van der Waals surface area contributed by atoms with E-state index in [9.17, 15) is 14.4 Å². The fourth-order valence-electron chi connectivity index (χ4n) is 3.11. The quantitative estimate of drug-likeness (QED) is 0.878. The molecule has 3 rings (SSSR count). The van der Waals surface area contributed by atoms with E-state index < -0.39 is 12.1 Å². The smallest absolute Gasteiger partial charge is 0.411 e. The van der Waals surface area contributed by atoms with Gasteiger partial charge in [-0.15, -0.1) is 0 Å². The second-order valence-corrected chi connectivity index (χ2v) is 6.03. The number of fused-ring (bicyclic) bond motifs is 1. The van der Waals surface area contributed by atoms with Gasteiger partial charge in [0.1, 0.15) is 11.9 Å². The molecule has 2 N–H and O–H groups in total. The van der Waals surface area contributed by atoms with E-state index in [1.54, 1.807) is 32.0 Å². The number of amides is 2. The standard InChI is InChI=1S/C18H20N4O4/c1-4-26-18(25)21-13-7-5-6-12-15(13)17(24)22(11(3)20-12)14-9-8-10(2)19-16(14)23/h5-7,14H,2,4,8-9H2,1,3H3,(H,19,23)(H,21,25). The van der Waals surface area contributed by atoms with Gasteiger partial charge in [0, 0.05) is 5.70 Å². The average Bonchev–Trinajstić information content (AvgIpc) is 2.56. The fourth-order valence-corrected chi connectivity index (χ4v) is 3.11. The first-order valence-electron chi connectivity index (χ1n) is 8.36. The van der Waals surface area contributed by atoms with Crippen LogP contribution in [0.3, 0.4) is 0 Å². The summed E-state index contributed by atoms with van der Waals surface area (Å²) in [6, 6.07) is 4.32. The molecule has 0 bridgehead atoms. The van der Waals surface area contributed by atoms with Gasteiger partial charge < -0.3 is 10.1 Å². The normalized spacial score (nSPS) is 17.1. The molecule has 8 heteroatoms. The van der Waals surface area contributed by atoms with Gasteiger partial charge in [0.25, 0.3) is 5.56 Å². The number of hydrogen-bond donors (Lipinski definition) is 2. The van der Waals surface area contributed by atoms with Gasteiger partial charge in [-0.2, -0.15) is 0 Å². The van der Waals surface area contributed by atoms with Crippen molar-refractivity contribution in [1.82, 2.24) is 14.9 Å². The van der Waals surface area contributed by atoms with Gasteiger partial charge in [0.05, 0.1) is 23.2 Å². The molecule has 1 saturated heterocycles. The topological polar surface area (TPSA) is 102 Å². The van der Waals surface area contributed by atoms with E-state index in [1.165, 1.54) is 4.57 Å². The zero-order valence-corrected chi connectivity index (χ0v) is 14.7. The molecule has 26 heavy (non-hydrogen) atoms. The summed E-state index contributed by atoms with van der Waals surface area (Å²) in [4.78, 5) is 41.7. The molecule has 8 nitrogen and oxygen atoms in total. The largest absolute Gasteiger partial charge is 0.450 e. The van der Waals surface area contributed by atoms with Gasteiger partial charge in [-0.3, -0.25) is 19.5 Å². The Labute approximate surface area is 149 Å². The number of allylic oxidation sites excluding steroid dienone is 1. The maximum absolute atomic E-state index is 13.2. The first kappa shape index (κ1) is 17.7. The second-order valence-electron chi connectivity index (χ2n) is 6.03. The molecule has 2 aromatic rings. The molecule has 136 valence electrons. The monoisotopic (exact) mass is 356 g/mol. The van der Waals surface area contributed by atoms with E-state index in [0.717, 1.165) is 0 Å². The summed E-state index contributed by atoms with van der Waals surface area (Å²) >= 11 is 0. The molecule has 1 aliphatic rings. The fraction of sp³-hybridized carbons (Fsp3) is 0.333. The number of piperidine rings is 1. The lowest BCUT2D eigenvalue weighted by Crippen LogP contribution is -2.41. The third-order valence-corrected chi connectivity index (χ3v) is 4.25. The number of carbonyl (C=O) groups excluding carboxylic acids is 2. The van der Waals surface area contributed by atoms with Gasteiger partial charge in [-0.05, 0) is 38.8 Å². The van der Waals surface area contributed by atoms with Crippen molar-refractivity contribution in [3.8, 4) is 0 Å². The summed E-state index contributed by atoms with van der Waals surface area (Å²) in [6.07, 6.45) is 0.396. The van der Waals surface area contributed by atoms with E-state index in [-0.39, 0.29) is 23.5 Å². The zero-order chi connectivity index (χ0) is 18.8. The highest BCUT2D eigenvalue weighted by molar-refractivity contribution is 5.98. The summed E-state index contributed by atoms with van der Waals surface area (Å²) in [5, 5.41) is 5.49. The molecule has 1 fully saturated rings. The lowest BCUT2D eigenvalue weighted by molar-refractivity contribution is -0.124. The predicted octanol–water partition coefficient (Wildman–Crippen LogP) is 2.24. The zero-order valence-electron chi connectivity index (χ0n) is 14.7. The van der Waals surface area contributed by atoms with Crippen LogP contribution in [0, 0.1) is 6.92 Å². The molecule has 0 aliphatic carbocycles. The molecule has 1 unspecified atom stereocenters. The highest BCUT2D eigenvalue weighted by Gasteiger charge is 2.29. The summed E-state index contributed by atoms with van der Waals surface area (Å²) < 4.78 is 6.26.